The Balaban J connectivity index is 1.45. The number of hydrogen-bond acceptors (Lipinski definition) is 4. The van der Waals surface area contributed by atoms with Gasteiger partial charge in [-0.25, -0.2) is 10.1 Å². The highest BCUT2D eigenvalue weighted by Gasteiger charge is 2.17. The van der Waals surface area contributed by atoms with Gasteiger partial charge in [-0.05, 0) is 30.3 Å². The number of thiophene rings is 1. The molecular weight excluding hydrogens is 475 g/mol. The number of hydrazone groups is 1. The summed E-state index contributed by atoms with van der Waals surface area (Å²) in [5, 5.41) is 10.8. The molecule has 0 spiro atoms. The van der Waals surface area contributed by atoms with E-state index in [4.69, 9.17) is 28.3 Å². The van der Waals surface area contributed by atoms with Crippen LogP contribution in [0.4, 0.5) is 0 Å². The standard InChI is InChI=1S/C25H16Cl2N4OS/c26-18-12-10-16(11-13-18)23-17(15-31(30-23)19-6-2-1-3-7-19)14-28-29-25(32)24-22(27)20-8-4-5-9-21(20)33-24/h1-15H,(H,29,32)/b28-14+. The van der Waals surface area contributed by atoms with Crippen molar-refractivity contribution in [1.29, 1.82) is 0 Å². The number of hydrogen-bond donors (Lipinski definition) is 1. The SMILES string of the molecule is O=C(N/N=C/c1cn(-c2ccccc2)nc1-c1ccc(Cl)cc1)c1sc2ccccc2c1Cl. The Morgan fingerprint density at radius 1 is 0.970 bits per heavy atom. The molecule has 0 radical (unpaired) electrons. The van der Waals surface area contributed by atoms with E-state index in [9.17, 15) is 4.79 Å². The number of halogens is 2. The number of carbonyl (C=O) groups is 1. The highest BCUT2D eigenvalue weighted by atomic mass is 35.5. The molecular formula is C25H16Cl2N4OS. The monoisotopic (exact) mass is 490 g/mol. The van der Waals surface area contributed by atoms with Crippen LogP contribution in [0.25, 0.3) is 27.0 Å². The predicted molar refractivity (Wildman–Crippen MR) is 136 cm³/mol. The maximum Gasteiger partial charge on any atom is 0.283 e. The van der Waals surface area contributed by atoms with Gasteiger partial charge in [0.15, 0.2) is 0 Å². The topological polar surface area (TPSA) is 59.3 Å². The van der Waals surface area contributed by atoms with E-state index in [0.717, 1.165) is 26.9 Å². The molecule has 0 saturated carbocycles. The average molecular weight is 491 g/mol. The fourth-order valence-electron chi connectivity index (χ4n) is 3.40. The summed E-state index contributed by atoms with van der Waals surface area (Å²) in [6.07, 6.45) is 3.44. The lowest BCUT2D eigenvalue weighted by Crippen LogP contribution is -2.16. The normalized spacial score (nSPS) is 11.3. The lowest BCUT2D eigenvalue weighted by molar-refractivity contribution is 0.0959. The Morgan fingerprint density at radius 2 is 1.70 bits per heavy atom. The van der Waals surface area contributed by atoms with Crippen LogP contribution in [-0.4, -0.2) is 21.9 Å². The zero-order valence-electron chi connectivity index (χ0n) is 17.1. The molecule has 0 aliphatic heterocycles. The van der Waals surface area contributed by atoms with Crippen molar-refractivity contribution >= 4 is 56.7 Å². The largest absolute Gasteiger partial charge is 0.283 e. The fraction of sp³-hybridized carbons (Fsp3) is 0. The molecule has 0 aliphatic carbocycles. The van der Waals surface area contributed by atoms with Gasteiger partial charge in [-0.1, -0.05) is 71.7 Å². The van der Waals surface area contributed by atoms with Crippen LogP contribution >= 0.6 is 34.5 Å². The molecule has 0 aliphatic rings. The summed E-state index contributed by atoms with van der Waals surface area (Å²) < 4.78 is 2.72. The molecule has 8 heteroatoms. The Hall–Kier alpha value is -3.45. The Kier molecular flexibility index (Phi) is 5.96. The van der Waals surface area contributed by atoms with E-state index in [2.05, 4.69) is 10.5 Å². The Bertz CT molecular complexity index is 1470. The van der Waals surface area contributed by atoms with Gasteiger partial charge in [-0.3, -0.25) is 4.79 Å². The van der Waals surface area contributed by atoms with Gasteiger partial charge in [-0.2, -0.15) is 10.2 Å². The van der Waals surface area contributed by atoms with E-state index in [0.29, 0.717) is 20.6 Å². The number of amides is 1. The van der Waals surface area contributed by atoms with Crippen LogP contribution < -0.4 is 5.43 Å². The predicted octanol–water partition coefficient (Wildman–Crippen LogP) is 6.82. The van der Waals surface area contributed by atoms with E-state index in [1.807, 2.05) is 85.1 Å². The molecule has 5 aromatic rings. The lowest BCUT2D eigenvalue weighted by atomic mass is 10.1. The van der Waals surface area contributed by atoms with Gasteiger partial charge in [-0.15, -0.1) is 11.3 Å². The van der Waals surface area contributed by atoms with Crippen LogP contribution in [0.3, 0.4) is 0 Å². The van der Waals surface area contributed by atoms with Crippen molar-refractivity contribution in [2.24, 2.45) is 5.10 Å². The van der Waals surface area contributed by atoms with Crippen molar-refractivity contribution in [3.05, 3.63) is 106 Å². The maximum atomic E-state index is 12.7. The highest BCUT2D eigenvalue weighted by molar-refractivity contribution is 7.21. The molecule has 1 amide bonds. The number of benzene rings is 3. The van der Waals surface area contributed by atoms with Gasteiger partial charge < -0.3 is 0 Å². The molecule has 0 atom stereocenters. The molecule has 0 saturated heterocycles. The molecule has 0 bridgehead atoms. The third-order valence-electron chi connectivity index (χ3n) is 4.99. The Labute approximate surface area is 203 Å². The summed E-state index contributed by atoms with van der Waals surface area (Å²) >= 11 is 13.8. The molecule has 5 nitrogen and oxygen atoms in total. The number of fused-ring (bicyclic) bond motifs is 1. The van der Waals surface area contributed by atoms with E-state index in [1.54, 1.807) is 10.9 Å². The Morgan fingerprint density at radius 3 is 2.45 bits per heavy atom. The van der Waals surface area contributed by atoms with Gasteiger partial charge in [0.25, 0.3) is 5.91 Å². The number of para-hydroxylation sites is 1. The number of nitrogens with zero attached hydrogens (tertiary/aromatic N) is 3. The van der Waals surface area contributed by atoms with E-state index >= 15 is 0 Å². The second kappa shape index (κ2) is 9.19. The molecule has 3 aromatic carbocycles. The number of rotatable bonds is 5. The smallest absolute Gasteiger partial charge is 0.266 e. The van der Waals surface area contributed by atoms with Gasteiger partial charge in [0.1, 0.15) is 10.6 Å². The first-order valence-electron chi connectivity index (χ1n) is 10.0. The van der Waals surface area contributed by atoms with E-state index in [1.165, 1.54) is 11.3 Å². The van der Waals surface area contributed by atoms with Crippen LogP contribution in [0, 0.1) is 0 Å². The zero-order chi connectivity index (χ0) is 22.8. The van der Waals surface area contributed by atoms with Gasteiger partial charge in [0.2, 0.25) is 0 Å². The molecule has 162 valence electrons. The number of nitrogens with one attached hydrogen (secondary N) is 1. The van der Waals surface area contributed by atoms with Crippen molar-refractivity contribution < 1.29 is 4.79 Å². The summed E-state index contributed by atoms with van der Waals surface area (Å²) in [6.45, 7) is 0. The average Bonchev–Trinajstić information content (AvgIpc) is 3.42. The summed E-state index contributed by atoms with van der Waals surface area (Å²) in [7, 11) is 0. The quantitative estimate of drug-likeness (QED) is 0.217. The highest BCUT2D eigenvalue weighted by Crippen LogP contribution is 2.35. The summed E-state index contributed by atoms with van der Waals surface area (Å²) in [4.78, 5) is 13.1. The van der Waals surface area contributed by atoms with Crippen molar-refractivity contribution in [2.45, 2.75) is 0 Å². The second-order valence-corrected chi connectivity index (χ2v) is 9.03. The number of aromatic nitrogens is 2. The molecule has 5 rings (SSSR count). The van der Waals surface area contributed by atoms with Crippen LogP contribution in [0.5, 0.6) is 0 Å². The minimum Gasteiger partial charge on any atom is -0.266 e. The minimum absolute atomic E-state index is 0.360. The summed E-state index contributed by atoms with van der Waals surface area (Å²) in [5.41, 5.74) is 5.83. The van der Waals surface area contributed by atoms with E-state index in [-0.39, 0.29) is 5.91 Å². The first-order chi connectivity index (χ1) is 16.1. The maximum absolute atomic E-state index is 12.7. The lowest BCUT2D eigenvalue weighted by Gasteiger charge is -2.01. The van der Waals surface area contributed by atoms with Crippen LogP contribution in [0.1, 0.15) is 15.2 Å². The van der Waals surface area contributed by atoms with Gasteiger partial charge in [0.05, 0.1) is 16.9 Å². The molecule has 2 aromatic heterocycles. The van der Waals surface area contributed by atoms with Crippen LogP contribution in [-0.2, 0) is 0 Å². The first-order valence-corrected chi connectivity index (χ1v) is 11.6. The zero-order valence-corrected chi connectivity index (χ0v) is 19.4. The second-order valence-electron chi connectivity index (χ2n) is 7.16. The third-order valence-corrected chi connectivity index (χ3v) is 6.92. The summed E-state index contributed by atoms with van der Waals surface area (Å²) in [5.74, 6) is -0.360. The summed E-state index contributed by atoms with van der Waals surface area (Å²) in [6, 6.07) is 24.8. The van der Waals surface area contributed by atoms with Crippen molar-refractivity contribution in [1.82, 2.24) is 15.2 Å². The van der Waals surface area contributed by atoms with Crippen molar-refractivity contribution in [2.75, 3.05) is 0 Å². The molecule has 0 fully saturated rings. The fourth-order valence-corrected chi connectivity index (χ4v) is 4.93. The van der Waals surface area contributed by atoms with Crippen LogP contribution in [0.15, 0.2) is 90.2 Å². The van der Waals surface area contributed by atoms with Crippen molar-refractivity contribution in [3.63, 3.8) is 0 Å². The number of carbonyl (C=O) groups excluding carboxylic acids is 1. The molecule has 1 N–H and O–H groups in total. The minimum atomic E-state index is -0.360. The van der Waals surface area contributed by atoms with Gasteiger partial charge in [0, 0.05) is 32.4 Å². The molecule has 33 heavy (non-hydrogen) atoms. The van der Waals surface area contributed by atoms with Gasteiger partial charge >= 0.3 is 0 Å². The first kappa shape index (κ1) is 21.4. The van der Waals surface area contributed by atoms with E-state index < -0.39 is 0 Å². The molecule has 2 heterocycles. The molecule has 0 unspecified atom stereocenters. The third kappa shape index (κ3) is 4.41. The van der Waals surface area contributed by atoms with Crippen LogP contribution in [0.2, 0.25) is 10.0 Å². The van der Waals surface area contributed by atoms with Crippen molar-refractivity contribution in [3.8, 4) is 16.9 Å².